The molecular weight excluding hydrogens is 1300 g/mol. The molecule has 2 saturated carbocycles. The standard InChI is InChI=1S/C77H99F2N13O8S/c1-45(2)84-70(95)56-39-60(58(78)34-47(56)5)86-68-65-61(82-43-91(65)46(3)4)40-59(85-68)50-22-23-57-63(35-50)92(74(99)76(57)26-31-88(32-27-76)49(7)93)55-37-54(38-55)89-29-16-18-53(42-89)69(94)80-28-14-12-11-13-15-33-100-64-36-51(66-48(6)83-44-101-66)20-21-52(64)41-81-71(96)62-19-17-30-90(62)72(97)67(75(8,9)10)87-73(98)77(79)24-25-77/h20-23,34-36,39-40,43-46,53-55,62,67H,11-19,24-33,37-38,41-42H2,1-10H3,(H,80,94)(H,81,96)(H,84,95)(H,85,86)(H,87,98)/t53-,54?,55?,62+,67-/m1/s1. The SMILES string of the molecule is CC(=O)N1CCC2(CC1)C(=O)N(C1CC(N3CCC[C@@H](C(=O)NCCCCCCCOc4cc(-c5scnc5C)ccc4CNC(=O)[C@@H]4CCCN4C(=O)[C@@H](NC(=O)C4(F)CC4)C(C)(C)C)C3)C1)c1cc(-c3cc4ncn(C(C)C)c4c(Nc4cc(C(=O)NC(C)C)c(C)cc4F)n3)ccc12. The van der Waals surface area contributed by atoms with E-state index in [0.29, 0.717) is 104 Å². The van der Waals surface area contributed by atoms with Crippen molar-refractivity contribution < 1.29 is 47.1 Å². The van der Waals surface area contributed by atoms with Crippen molar-refractivity contribution in [2.75, 3.05) is 56.1 Å². The van der Waals surface area contributed by atoms with Gasteiger partial charge in [0.05, 0.1) is 57.2 Å². The molecule has 5 fully saturated rings. The van der Waals surface area contributed by atoms with Crippen molar-refractivity contribution in [3.63, 3.8) is 0 Å². The predicted molar refractivity (Wildman–Crippen MR) is 387 cm³/mol. The fourth-order valence-electron chi connectivity index (χ4n) is 15.5. The van der Waals surface area contributed by atoms with Crippen LogP contribution in [0.2, 0.25) is 0 Å². The molecule has 540 valence electrons. The van der Waals surface area contributed by atoms with Crippen molar-refractivity contribution in [1.82, 2.24) is 55.5 Å². The van der Waals surface area contributed by atoms with Crippen LogP contribution < -0.4 is 36.2 Å². The van der Waals surface area contributed by atoms with E-state index in [9.17, 15) is 33.2 Å². The fourth-order valence-corrected chi connectivity index (χ4v) is 16.3. The van der Waals surface area contributed by atoms with E-state index < -0.39 is 40.3 Å². The molecule has 5 N–H and O–H groups in total. The largest absolute Gasteiger partial charge is 0.493 e. The number of hydrogen-bond donors (Lipinski definition) is 5. The number of likely N-dealkylation sites (tertiary alicyclic amines) is 3. The number of amides is 7. The van der Waals surface area contributed by atoms with Gasteiger partial charge in [-0.15, -0.1) is 11.3 Å². The number of carbonyl (C=O) groups is 7. The minimum Gasteiger partial charge on any atom is -0.493 e. The number of unbranched alkanes of at least 4 members (excludes halogenated alkanes) is 4. The van der Waals surface area contributed by atoms with E-state index in [1.54, 1.807) is 31.5 Å². The molecule has 101 heavy (non-hydrogen) atoms. The van der Waals surface area contributed by atoms with Gasteiger partial charge in [0, 0.05) is 92.7 Å². The molecule has 21 nitrogen and oxygen atoms in total. The average molecular weight is 1400 g/mol. The van der Waals surface area contributed by atoms with Gasteiger partial charge in [0.2, 0.25) is 29.5 Å². The Bertz CT molecular complexity index is 4130. The zero-order chi connectivity index (χ0) is 71.8. The van der Waals surface area contributed by atoms with Gasteiger partial charge in [0.25, 0.3) is 11.8 Å². The Hall–Kier alpha value is -8.38. The molecule has 24 heteroatoms. The predicted octanol–water partition coefficient (Wildman–Crippen LogP) is 11.7. The lowest BCUT2D eigenvalue weighted by molar-refractivity contribution is -0.144. The lowest BCUT2D eigenvalue weighted by atomic mass is 9.73. The molecule has 12 rings (SSSR count). The lowest BCUT2D eigenvalue weighted by Crippen LogP contribution is -2.59. The van der Waals surface area contributed by atoms with Crippen LogP contribution in [0.15, 0.2) is 66.4 Å². The van der Waals surface area contributed by atoms with Crippen LogP contribution in [0.5, 0.6) is 5.75 Å². The zero-order valence-corrected chi connectivity index (χ0v) is 61.0. The van der Waals surface area contributed by atoms with Crippen molar-refractivity contribution in [1.29, 1.82) is 0 Å². The van der Waals surface area contributed by atoms with Gasteiger partial charge in [-0.05, 0) is 178 Å². The van der Waals surface area contributed by atoms with Crippen LogP contribution in [0, 0.1) is 31.0 Å². The summed E-state index contributed by atoms with van der Waals surface area (Å²) in [6, 6.07) is 15.1. The van der Waals surface area contributed by atoms with Crippen LogP contribution in [0.25, 0.3) is 32.7 Å². The van der Waals surface area contributed by atoms with Crippen molar-refractivity contribution in [2.45, 2.75) is 219 Å². The van der Waals surface area contributed by atoms with E-state index >= 15 is 9.18 Å². The number of ether oxygens (including phenoxy) is 1. The Morgan fingerprint density at radius 2 is 1.53 bits per heavy atom. The number of aromatic nitrogens is 4. The Morgan fingerprint density at radius 3 is 2.24 bits per heavy atom. The summed E-state index contributed by atoms with van der Waals surface area (Å²) in [6.45, 7) is 22.6. The highest BCUT2D eigenvalue weighted by molar-refractivity contribution is 7.13. The summed E-state index contributed by atoms with van der Waals surface area (Å²) >= 11 is 1.55. The highest BCUT2D eigenvalue weighted by atomic mass is 32.1. The molecule has 0 bridgehead atoms. The Morgan fingerprint density at radius 1 is 0.802 bits per heavy atom. The summed E-state index contributed by atoms with van der Waals surface area (Å²) < 4.78 is 39.2. The van der Waals surface area contributed by atoms with E-state index in [0.717, 1.165) is 103 Å². The molecule has 2 aliphatic carbocycles. The van der Waals surface area contributed by atoms with E-state index in [1.807, 2.05) is 106 Å². The van der Waals surface area contributed by atoms with Crippen LogP contribution in [0.4, 0.5) is 26.0 Å². The third-order valence-corrected chi connectivity index (χ3v) is 22.6. The highest BCUT2D eigenvalue weighted by Gasteiger charge is 2.57. The lowest BCUT2D eigenvalue weighted by Gasteiger charge is -2.49. The number of nitrogens with zero attached hydrogens (tertiary/aromatic N) is 8. The summed E-state index contributed by atoms with van der Waals surface area (Å²) in [5, 5.41) is 15.2. The van der Waals surface area contributed by atoms with Crippen LogP contribution in [0.3, 0.4) is 0 Å². The van der Waals surface area contributed by atoms with Gasteiger partial charge in [-0.3, -0.25) is 38.5 Å². The maximum absolute atomic E-state index is 16.0. The minimum absolute atomic E-state index is 0.00814. The first-order chi connectivity index (χ1) is 48.2. The Balaban J connectivity index is 0.639. The van der Waals surface area contributed by atoms with Gasteiger partial charge >= 0.3 is 0 Å². The first-order valence-corrected chi connectivity index (χ1v) is 37.4. The number of imidazole rings is 1. The smallest absolute Gasteiger partial charge is 0.258 e. The van der Waals surface area contributed by atoms with E-state index in [2.05, 4.69) is 48.6 Å². The summed E-state index contributed by atoms with van der Waals surface area (Å²) in [5.41, 5.74) is 6.40. The van der Waals surface area contributed by atoms with Gasteiger partial charge < -0.3 is 50.6 Å². The molecule has 7 amide bonds. The van der Waals surface area contributed by atoms with Crippen molar-refractivity contribution in [3.8, 4) is 27.4 Å². The number of benzene rings is 3. The van der Waals surface area contributed by atoms with E-state index in [1.165, 1.54) is 17.0 Å². The van der Waals surface area contributed by atoms with Gasteiger partial charge in [-0.25, -0.2) is 23.7 Å². The number of hydrogen-bond acceptors (Lipinski definition) is 14. The first kappa shape index (κ1) is 72.4. The quantitative estimate of drug-likeness (QED) is 0.0335. The molecule has 3 atom stereocenters. The number of thiazole rings is 1. The molecule has 4 aliphatic heterocycles. The number of halogens is 2. The molecule has 3 aromatic heterocycles. The normalized spacial score (nSPS) is 20.5. The fraction of sp³-hybridized carbons (Fsp3) is 0.558. The van der Waals surface area contributed by atoms with Crippen LogP contribution in [0.1, 0.15) is 190 Å². The minimum atomic E-state index is -1.94. The summed E-state index contributed by atoms with van der Waals surface area (Å²) in [5.74, 6) is -1.30. The third-order valence-electron chi connectivity index (χ3n) is 21.6. The molecule has 0 radical (unpaired) electrons. The van der Waals surface area contributed by atoms with Gasteiger partial charge in [0.1, 0.15) is 29.2 Å². The monoisotopic (exact) mass is 1400 g/mol. The molecule has 6 aliphatic rings. The Labute approximate surface area is 595 Å². The second kappa shape index (κ2) is 29.9. The summed E-state index contributed by atoms with van der Waals surface area (Å²) in [6.07, 6.45) is 11.8. The molecule has 7 heterocycles. The third kappa shape index (κ3) is 15.4. The maximum Gasteiger partial charge on any atom is 0.258 e. The summed E-state index contributed by atoms with van der Waals surface area (Å²) in [7, 11) is 0. The van der Waals surface area contributed by atoms with Gasteiger partial charge in [-0.1, -0.05) is 64.3 Å². The second-order valence-corrected chi connectivity index (χ2v) is 31.5. The number of alkyl halides is 1. The number of anilines is 3. The van der Waals surface area contributed by atoms with Crippen molar-refractivity contribution >= 4 is 80.9 Å². The molecule has 3 aromatic carbocycles. The van der Waals surface area contributed by atoms with Gasteiger partial charge in [-0.2, -0.15) is 0 Å². The number of piperidine rings is 2. The molecular formula is C77H99F2N13O8S. The van der Waals surface area contributed by atoms with Crippen LogP contribution in [-0.4, -0.2) is 157 Å². The van der Waals surface area contributed by atoms with E-state index in [-0.39, 0.29) is 90.6 Å². The van der Waals surface area contributed by atoms with Crippen LogP contribution >= 0.6 is 11.3 Å². The number of nitrogens with one attached hydrogen (secondary N) is 5. The molecule has 3 saturated heterocycles. The van der Waals surface area contributed by atoms with Crippen LogP contribution in [-0.2, 0) is 40.7 Å². The maximum atomic E-state index is 16.0. The topological polar surface area (TPSA) is 245 Å². The van der Waals surface area contributed by atoms with E-state index in [4.69, 9.17) is 14.7 Å². The number of pyridine rings is 1. The average Bonchev–Trinajstić information content (AvgIpc) is 1.56. The van der Waals surface area contributed by atoms with Crippen molar-refractivity contribution in [3.05, 3.63) is 100 Å². The molecule has 0 unspecified atom stereocenters. The Kier molecular flexibility index (Phi) is 21.4. The molecule has 6 aromatic rings. The number of rotatable bonds is 25. The molecule has 1 spiro atoms. The highest BCUT2D eigenvalue weighted by Crippen LogP contribution is 2.53. The number of fused-ring (bicyclic) bond motifs is 3. The first-order valence-electron chi connectivity index (χ1n) is 36.5. The number of aryl methyl sites for hydroxylation is 2. The number of carbonyl (C=O) groups excluding carboxylic acids is 7. The summed E-state index contributed by atoms with van der Waals surface area (Å²) in [4.78, 5) is 119. The second-order valence-electron chi connectivity index (χ2n) is 30.6. The van der Waals surface area contributed by atoms with Gasteiger partial charge in [0.15, 0.2) is 11.5 Å². The zero-order valence-electron chi connectivity index (χ0n) is 60.2. The van der Waals surface area contributed by atoms with Crippen molar-refractivity contribution in [2.24, 2.45) is 11.3 Å².